The zero-order chi connectivity index (χ0) is 20.6. The standard InChI is InChI=1S/C22H28N4O3/c1-17-3-5-18(6-4-17)23-21(27)15-25(2)16-22(28)24-19-7-9-20(10-8-19)26-11-13-29-14-12-26/h3-10H,11-16H2,1-2H3,(H,23,27)(H,24,28). The normalized spacial score (nSPS) is 14.0. The van der Waals surface area contributed by atoms with Crippen LogP contribution in [-0.4, -0.2) is 63.2 Å². The predicted octanol–water partition coefficient (Wildman–Crippen LogP) is 2.34. The lowest BCUT2D eigenvalue weighted by Gasteiger charge is -2.28. The van der Waals surface area contributed by atoms with E-state index in [-0.39, 0.29) is 24.9 Å². The van der Waals surface area contributed by atoms with Crippen molar-refractivity contribution < 1.29 is 14.3 Å². The number of amides is 2. The average molecular weight is 396 g/mol. The Labute approximate surface area is 171 Å². The molecule has 0 unspecified atom stereocenters. The fourth-order valence-corrected chi connectivity index (χ4v) is 3.16. The molecule has 2 N–H and O–H groups in total. The Kier molecular flexibility index (Phi) is 7.21. The molecule has 1 fully saturated rings. The third-order valence-corrected chi connectivity index (χ3v) is 4.69. The number of rotatable bonds is 7. The fourth-order valence-electron chi connectivity index (χ4n) is 3.16. The number of hydrogen-bond donors (Lipinski definition) is 2. The highest BCUT2D eigenvalue weighted by Gasteiger charge is 2.13. The number of likely N-dealkylation sites (N-methyl/N-ethyl adjacent to an activating group) is 1. The summed E-state index contributed by atoms with van der Waals surface area (Å²) >= 11 is 0. The summed E-state index contributed by atoms with van der Waals surface area (Å²) in [6.07, 6.45) is 0. The maximum Gasteiger partial charge on any atom is 0.238 e. The van der Waals surface area contributed by atoms with E-state index in [9.17, 15) is 9.59 Å². The minimum atomic E-state index is -0.158. The molecule has 1 aliphatic rings. The molecule has 0 atom stereocenters. The Bertz CT molecular complexity index is 815. The molecular weight excluding hydrogens is 368 g/mol. The van der Waals surface area contributed by atoms with Gasteiger partial charge in [-0.05, 0) is 50.4 Å². The van der Waals surface area contributed by atoms with Gasteiger partial charge in [-0.25, -0.2) is 0 Å². The topological polar surface area (TPSA) is 73.9 Å². The van der Waals surface area contributed by atoms with Gasteiger partial charge >= 0.3 is 0 Å². The summed E-state index contributed by atoms with van der Waals surface area (Å²) in [6, 6.07) is 15.4. The predicted molar refractivity (Wildman–Crippen MR) is 115 cm³/mol. The van der Waals surface area contributed by atoms with Crippen molar-refractivity contribution in [1.82, 2.24) is 4.90 Å². The summed E-state index contributed by atoms with van der Waals surface area (Å²) in [7, 11) is 1.75. The van der Waals surface area contributed by atoms with Gasteiger partial charge < -0.3 is 20.3 Å². The molecule has 1 saturated heterocycles. The van der Waals surface area contributed by atoms with Gasteiger partial charge in [-0.15, -0.1) is 0 Å². The molecule has 2 amide bonds. The first kappa shape index (κ1) is 20.8. The lowest BCUT2D eigenvalue weighted by atomic mass is 10.2. The first-order chi connectivity index (χ1) is 14.0. The van der Waals surface area contributed by atoms with Crippen molar-refractivity contribution in [2.45, 2.75) is 6.92 Å². The lowest BCUT2D eigenvalue weighted by Crippen LogP contribution is -2.36. The highest BCUT2D eigenvalue weighted by molar-refractivity contribution is 5.94. The van der Waals surface area contributed by atoms with Gasteiger partial charge in [0, 0.05) is 30.2 Å². The van der Waals surface area contributed by atoms with Crippen molar-refractivity contribution in [3.63, 3.8) is 0 Å². The second-order valence-corrected chi connectivity index (χ2v) is 7.28. The summed E-state index contributed by atoms with van der Waals surface area (Å²) in [6.45, 7) is 5.49. The van der Waals surface area contributed by atoms with Crippen LogP contribution in [0.4, 0.5) is 17.1 Å². The van der Waals surface area contributed by atoms with E-state index in [0.717, 1.165) is 48.9 Å². The number of nitrogens with one attached hydrogen (secondary N) is 2. The highest BCUT2D eigenvalue weighted by Crippen LogP contribution is 2.19. The van der Waals surface area contributed by atoms with E-state index in [4.69, 9.17) is 4.74 Å². The molecule has 1 aliphatic heterocycles. The minimum Gasteiger partial charge on any atom is -0.378 e. The second kappa shape index (κ2) is 10.0. The zero-order valence-electron chi connectivity index (χ0n) is 17.0. The van der Waals surface area contributed by atoms with Crippen LogP contribution in [0.25, 0.3) is 0 Å². The summed E-state index contributed by atoms with van der Waals surface area (Å²) in [5.74, 6) is -0.311. The number of anilines is 3. The largest absolute Gasteiger partial charge is 0.378 e. The number of ether oxygens (including phenoxy) is 1. The molecule has 0 aromatic heterocycles. The molecule has 7 heteroatoms. The van der Waals surface area contributed by atoms with E-state index < -0.39 is 0 Å². The third kappa shape index (κ3) is 6.58. The Morgan fingerprint density at radius 1 is 0.897 bits per heavy atom. The van der Waals surface area contributed by atoms with Gasteiger partial charge in [0.2, 0.25) is 11.8 Å². The molecule has 2 aromatic carbocycles. The van der Waals surface area contributed by atoms with E-state index in [0.29, 0.717) is 0 Å². The van der Waals surface area contributed by atoms with Gasteiger partial charge in [0.25, 0.3) is 0 Å². The number of nitrogens with zero attached hydrogens (tertiary/aromatic N) is 2. The molecule has 1 heterocycles. The van der Waals surface area contributed by atoms with Crippen LogP contribution in [0.2, 0.25) is 0 Å². The molecular formula is C22H28N4O3. The highest BCUT2D eigenvalue weighted by atomic mass is 16.5. The maximum absolute atomic E-state index is 12.3. The van der Waals surface area contributed by atoms with Crippen LogP contribution in [0.3, 0.4) is 0 Å². The Balaban J connectivity index is 1.43. The van der Waals surface area contributed by atoms with Crippen molar-refractivity contribution in [2.75, 3.05) is 62.0 Å². The van der Waals surface area contributed by atoms with Gasteiger partial charge in [-0.2, -0.15) is 0 Å². The number of morpholine rings is 1. The number of benzene rings is 2. The molecule has 2 aromatic rings. The molecule has 29 heavy (non-hydrogen) atoms. The number of aryl methyl sites for hydroxylation is 1. The van der Waals surface area contributed by atoms with Gasteiger partial charge in [0.05, 0.1) is 26.3 Å². The molecule has 3 rings (SSSR count). The molecule has 0 aliphatic carbocycles. The quantitative estimate of drug-likeness (QED) is 0.752. The van der Waals surface area contributed by atoms with Crippen LogP contribution in [0.5, 0.6) is 0 Å². The lowest BCUT2D eigenvalue weighted by molar-refractivity contribution is -0.119. The molecule has 0 saturated carbocycles. The van der Waals surface area contributed by atoms with Crippen molar-refractivity contribution in [2.24, 2.45) is 0 Å². The smallest absolute Gasteiger partial charge is 0.238 e. The summed E-state index contributed by atoms with van der Waals surface area (Å²) < 4.78 is 5.37. The number of carbonyl (C=O) groups is 2. The SMILES string of the molecule is Cc1ccc(NC(=O)CN(C)CC(=O)Nc2ccc(N3CCOCC3)cc2)cc1. The van der Waals surface area contributed by atoms with Crippen molar-refractivity contribution in [3.8, 4) is 0 Å². The van der Waals surface area contributed by atoms with E-state index in [1.54, 1.807) is 11.9 Å². The van der Waals surface area contributed by atoms with Crippen LogP contribution in [-0.2, 0) is 14.3 Å². The van der Waals surface area contributed by atoms with Gasteiger partial charge in [-0.1, -0.05) is 17.7 Å². The van der Waals surface area contributed by atoms with Gasteiger partial charge in [0.1, 0.15) is 0 Å². The molecule has 0 radical (unpaired) electrons. The summed E-state index contributed by atoms with van der Waals surface area (Å²) in [5.41, 5.74) is 3.74. The van der Waals surface area contributed by atoms with Crippen LogP contribution < -0.4 is 15.5 Å². The van der Waals surface area contributed by atoms with Crippen LogP contribution in [0, 0.1) is 6.92 Å². The first-order valence-corrected chi connectivity index (χ1v) is 9.77. The molecule has 0 bridgehead atoms. The minimum absolute atomic E-state index is 0.131. The Hall–Kier alpha value is -2.90. The van der Waals surface area contributed by atoms with Crippen molar-refractivity contribution in [3.05, 3.63) is 54.1 Å². The van der Waals surface area contributed by atoms with Crippen molar-refractivity contribution >= 4 is 28.9 Å². The number of hydrogen-bond acceptors (Lipinski definition) is 5. The number of carbonyl (C=O) groups excluding carboxylic acids is 2. The zero-order valence-corrected chi connectivity index (χ0v) is 17.0. The third-order valence-electron chi connectivity index (χ3n) is 4.69. The van der Waals surface area contributed by atoms with Crippen LogP contribution in [0.1, 0.15) is 5.56 Å². The van der Waals surface area contributed by atoms with E-state index >= 15 is 0 Å². The van der Waals surface area contributed by atoms with E-state index in [1.165, 1.54) is 0 Å². The monoisotopic (exact) mass is 396 g/mol. The fraction of sp³-hybridized carbons (Fsp3) is 0.364. The van der Waals surface area contributed by atoms with Gasteiger partial charge in [0.15, 0.2) is 0 Å². The van der Waals surface area contributed by atoms with Crippen LogP contribution in [0.15, 0.2) is 48.5 Å². The van der Waals surface area contributed by atoms with E-state index in [2.05, 4.69) is 15.5 Å². The maximum atomic E-state index is 12.3. The summed E-state index contributed by atoms with van der Waals surface area (Å²) in [4.78, 5) is 28.4. The summed E-state index contributed by atoms with van der Waals surface area (Å²) in [5, 5.41) is 5.71. The Morgan fingerprint density at radius 3 is 1.90 bits per heavy atom. The molecule has 154 valence electrons. The van der Waals surface area contributed by atoms with Crippen molar-refractivity contribution in [1.29, 1.82) is 0 Å². The average Bonchev–Trinajstić information content (AvgIpc) is 2.70. The Morgan fingerprint density at radius 2 is 1.38 bits per heavy atom. The van der Waals surface area contributed by atoms with E-state index in [1.807, 2.05) is 55.5 Å². The van der Waals surface area contributed by atoms with Gasteiger partial charge in [-0.3, -0.25) is 14.5 Å². The first-order valence-electron chi connectivity index (χ1n) is 9.77. The molecule has 7 nitrogen and oxygen atoms in total. The second-order valence-electron chi connectivity index (χ2n) is 7.28. The molecule has 0 spiro atoms. The van der Waals surface area contributed by atoms with Crippen LogP contribution >= 0.6 is 0 Å².